The molecule has 0 amide bonds. The minimum absolute atomic E-state index is 0.327. The molecule has 0 aliphatic carbocycles. The molecule has 2 aromatic heterocycles. The molecule has 6 nitrogen and oxygen atoms in total. The van der Waals surface area contributed by atoms with E-state index in [-0.39, 0.29) is 0 Å². The Hall–Kier alpha value is -2.41. The predicted octanol–water partition coefficient (Wildman–Crippen LogP) is 2.51. The second kappa shape index (κ2) is 8.95. The van der Waals surface area contributed by atoms with Crippen LogP contribution in [-0.2, 0) is 6.54 Å². The van der Waals surface area contributed by atoms with E-state index in [0.717, 1.165) is 60.9 Å². The highest BCUT2D eigenvalue weighted by atomic mass is 16.5. The van der Waals surface area contributed by atoms with Gasteiger partial charge in [-0.2, -0.15) is 0 Å². The summed E-state index contributed by atoms with van der Waals surface area (Å²) in [7, 11) is 0. The van der Waals surface area contributed by atoms with Gasteiger partial charge in [0.15, 0.2) is 0 Å². The fourth-order valence-corrected chi connectivity index (χ4v) is 3.98. The summed E-state index contributed by atoms with van der Waals surface area (Å²) in [6.45, 7) is 9.79. The van der Waals surface area contributed by atoms with Crippen LogP contribution in [0, 0.1) is 13.8 Å². The van der Waals surface area contributed by atoms with Crippen molar-refractivity contribution in [1.29, 1.82) is 0 Å². The first-order valence-corrected chi connectivity index (χ1v) is 10.3. The van der Waals surface area contributed by atoms with Gasteiger partial charge in [0.25, 0.3) is 0 Å². The molecule has 4 rings (SSSR count). The van der Waals surface area contributed by atoms with Gasteiger partial charge >= 0.3 is 0 Å². The van der Waals surface area contributed by atoms with Crippen molar-refractivity contribution in [1.82, 2.24) is 19.2 Å². The van der Waals surface area contributed by atoms with Crippen molar-refractivity contribution in [2.24, 2.45) is 0 Å². The first kappa shape index (κ1) is 19.9. The van der Waals surface area contributed by atoms with Crippen LogP contribution in [0.4, 0.5) is 0 Å². The number of aliphatic hydroxyl groups is 1. The molecule has 154 valence electrons. The lowest BCUT2D eigenvalue weighted by molar-refractivity contribution is 0.0441. The van der Waals surface area contributed by atoms with Gasteiger partial charge in [0.1, 0.15) is 24.1 Å². The number of para-hydroxylation sites is 1. The van der Waals surface area contributed by atoms with Crippen LogP contribution in [-0.4, -0.2) is 69.7 Å². The van der Waals surface area contributed by atoms with Gasteiger partial charge < -0.3 is 14.2 Å². The van der Waals surface area contributed by atoms with Crippen molar-refractivity contribution in [2.75, 3.05) is 39.3 Å². The Kier molecular flexibility index (Phi) is 6.13. The number of aliphatic hydroxyl groups excluding tert-OH is 1. The number of piperazine rings is 1. The SMILES string of the molecule is Cc1cccc(C)c1OC[C@H](O)CN1CCN(Cc2cn3ccccc3n2)CC1. The van der Waals surface area contributed by atoms with E-state index in [0.29, 0.717) is 13.2 Å². The van der Waals surface area contributed by atoms with Crippen LogP contribution in [0.3, 0.4) is 0 Å². The van der Waals surface area contributed by atoms with E-state index in [4.69, 9.17) is 9.72 Å². The van der Waals surface area contributed by atoms with Crippen LogP contribution in [0.2, 0.25) is 0 Å². The van der Waals surface area contributed by atoms with Crippen LogP contribution >= 0.6 is 0 Å². The summed E-state index contributed by atoms with van der Waals surface area (Å²) in [5.74, 6) is 0.892. The second-order valence-corrected chi connectivity index (χ2v) is 7.96. The van der Waals surface area contributed by atoms with Gasteiger partial charge in [-0.25, -0.2) is 4.98 Å². The summed E-state index contributed by atoms with van der Waals surface area (Å²) in [4.78, 5) is 9.44. The van der Waals surface area contributed by atoms with Crippen molar-refractivity contribution in [3.05, 3.63) is 65.6 Å². The number of aromatic nitrogens is 2. The van der Waals surface area contributed by atoms with Gasteiger partial charge in [-0.05, 0) is 37.1 Å². The molecule has 3 heterocycles. The Morgan fingerprint density at radius 1 is 1.00 bits per heavy atom. The number of imidazole rings is 1. The first-order valence-electron chi connectivity index (χ1n) is 10.3. The zero-order valence-corrected chi connectivity index (χ0v) is 17.3. The Labute approximate surface area is 172 Å². The summed E-state index contributed by atoms with van der Waals surface area (Å²) in [5, 5.41) is 10.4. The molecule has 1 aliphatic rings. The van der Waals surface area contributed by atoms with Gasteiger partial charge in [0.05, 0.1) is 5.69 Å². The van der Waals surface area contributed by atoms with Gasteiger partial charge in [-0.1, -0.05) is 24.3 Å². The van der Waals surface area contributed by atoms with E-state index in [2.05, 4.69) is 20.4 Å². The maximum atomic E-state index is 10.4. The maximum absolute atomic E-state index is 10.4. The normalized spacial score (nSPS) is 16.9. The average Bonchev–Trinajstić information content (AvgIpc) is 3.11. The topological polar surface area (TPSA) is 53.2 Å². The van der Waals surface area contributed by atoms with Gasteiger partial charge in [-0.3, -0.25) is 9.80 Å². The van der Waals surface area contributed by atoms with E-state index in [1.165, 1.54) is 0 Å². The third kappa shape index (κ3) is 4.96. The van der Waals surface area contributed by atoms with E-state index < -0.39 is 6.10 Å². The first-order chi connectivity index (χ1) is 14.1. The van der Waals surface area contributed by atoms with Gasteiger partial charge in [0, 0.05) is 51.7 Å². The molecular formula is C23H30N4O2. The molecule has 6 heteroatoms. The molecule has 0 unspecified atom stereocenters. The van der Waals surface area contributed by atoms with Crippen LogP contribution in [0.25, 0.3) is 5.65 Å². The highest BCUT2D eigenvalue weighted by Crippen LogP contribution is 2.22. The quantitative estimate of drug-likeness (QED) is 0.667. The highest BCUT2D eigenvalue weighted by molar-refractivity contribution is 5.40. The summed E-state index contributed by atoms with van der Waals surface area (Å²) >= 11 is 0. The van der Waals surface area contributed by atoms with E-state index >= 15 is 0 Å². The Morgan fingerprint density at radius 3 is 2.45 bits per heavy atom. The maximum Gasteiger partial charge on any atom is 0.137 e. The molecule has 1 aromatic carbocycles. The number of aryl methyl sites for hydroxylation is 2. The van der Waals surface area contributed by atoms with Crippen LogP contribution in [0.1, 0.15) is 16.8 Å². The summed E-state index contributed by atoms with van der Waals surface area (Å²) in [6.07, 6.45) is 3.65. The standard InChI is InChI=1S/C23H30N4O2/c1-18-6-5-7-19(2)23(18)29-17-21(28)16-26-12-10-25(11-13-26)14-20-15-27-9-4-3-8-22(27)24-20/h3-9,15,21,28H,10-14,16-17H2,1-2H3/t21-/m1/s1. The third-order valence-electron chi connectivity index (χ3n) is 5.56. The van der Waals surface area contributed by atoms with Crippen molar-refractivity contribution >= 4 is 5.65 Å². The molecule has 3 aromatic rings. The number of pyridine rings is 1. The molecule has 0 saturated carbocycles. The third-order valence-corrected chi connectivity index (χ3v) is 5.56. The number of benzene rings is 1. The number of nitrogens with zero attached hydrogens (tertiary/aromatic N) is 4. The predicted molar refractivity (Wildman–Crippen MR) is 114 cm³/mol. The largest absolute Gasteiger partial charge is 0.490 e. The van der Waals surface area contributed by atoms with Gasteiger partial charge in [0.2, 0.25) is 0 Å². The Balaban J connectivity index is 1.22. The number of β-amino-alcohol motifs (C(OH)–C–C–N with tert-alkyl or cyclic N) is 1. The van der Waals surface area contributed by atoms with Crippen LogP contribution in [0.15, 0.2) is 48.8 Å². The molecule has 1 atom stereocenters. The Bertz CT molecular complexity index is 894. The molecule has 1 fully saturated rings. The lowest BCUT2D eigenvalue weighted by atomic mass is 10.1. The van der Waals surface area contributed by atoms with E-state index in [1.54, 1.807) is 0 Å². The summed E-state index contributed by atoms with van der Waals surface area (Å²) in [6, 6.07) is 12.2. The van der Waals surface area contributed by atoms with E-state index in [1.807, 2.05) is 56.4 Å². The molecule has 29 heavy (non-hydrogen) atoms. The monoisotopic (exact) mass is 394 g/mol. The lowest BCUT2D eigenvalue weighted by Crippen LogP contribution is -2.48. The molecule has 0 bridgehead atoms. The minimum Gasteiger partial charge on any atom is -0.490 e. The number of ether oxygens (including phenoxy) is 1. The van der Waals surface area contributed by atoms with E-state index in [9.17, 15) is 5.11 Å². The highest BCUT2D eigenvalue weighted by Gasteiger charge is 2.20. The fraction of sp³-hybridized carbons (Fsp3) is 0.435. The summed E-state index contributed by atoms with van der Waals surface area (Å²) < 4.78 is 7.97. The lowest BCUT2D eigenvalue weighted by Gasteiger charge is -2.35. The molecular weight excluding hydrogens is 364 g/mol. The number of hydrogen-bond donors (Lipinski definition) is 1. The number of fused-ring (bicyclic) bond motifs is 1. The molecule has 1 aliphatic heterocycles. The summed E-state index contributed by atoms with van der Waals surface area (Å²) in [5.41, 5.74) is 4.32. The van der Waals surface area contributed by atoms with Crippen LogP contribution < -0.4 is 4.74 Å². The average molecular weight is 395 g/mol. The number of rotatable bonds is 7. The molecule has 0 spiro atoms. The second-order valence-electron chi connectivity index (χ2n) is 7.96. The van der Waals surface area contributed by atoms with Crippen molar-refractivity contribution in [3.8, 4) is 5.75 Å². The van der Waals surface area contributed by atoms with Gasteiger partial charge in [-0.15, -0.1) is 0 Å². The van der Waals surface area contributed by atoms with Crippen LogP contribution in [0.5, 0.6) is 5.75 Å². The zero-order chi connectivity index (χ0) is 20.2. The smallest absolute Gasteiger partial charge is 0.137 e. The van der Waals surface area contributed by atoms with Crippen molar-refractivity contribution in [2.45, 2.75) is 26.5 Å². The van der Waals surface area contributed by atoms with Crippen molar-refractivity contribution < 1.29 is 9.84 Å². The molecule has 1 saturated heterocycles. The molecule has 0 radical (unpaired) electrons. The minimum atomic E-state index is -0.487. The van der Waals surface area contributed by atoms with Crippen molar-refractivity contribution in [3.63, 3.8) is 0 Å². The number of hydrogen-bond acceptors (Lipinski definition) is 5. The zero-order valence-electron chi connectivity index (χ0n) is 17.3. The fourth-order valence-electron chi connectivity index (χ4n) is 3.98. The molecule has 1 N–H and O–H groups in total. The Morgan fingerprint density at radius 2 is 1.72 bits per heavy atom.